The van der Waals surface area contributed by atoms with Gasteiger partial charge in [-0.2, -0.15) is 4.31 Å². The Bertz CT molecular complexity index is 945. The Morgan fingerprint density at radius 3 is 2.27 bits per heavy atom. The molecule has 1 atom stereocenters. The highest BCUT2D eigenvalue weighted by molar-refractivity contribution is 7.89. The molecule has 2 rings (SSSR count). The Morgan fingerprint density at radius 2 is 1.70 bits per heavy atom. The smallest absolute Gasteiger partial charge is 0.251 e. The number of likely N-dealkylation sites (N-methyl/N-ethyl adjacent to an activating group) is 1. The van der Waals surface area contributed by atoms with Crippen molar-refractivity contribution in [2.75, 3.05) is 33.7 Å². The fourth-order valence-electron chi connectivity index (χ4n) is 3.18. The molecule has 2 aromatic rings. The third-order valence-corrected chi connectivity index (χ3v) is 7.59. The van der Waals surface area contributed by atoms with Crippen LogP contribution in [-0.2, 0) is 16.4 Å². The Kier molecular flexibility index (Phi) is 8.85. The van der Waals surface area contributed by atoms with Crippen LogP contribution in [0.2, 0.25) is 5.02 Å². The summed E-state index contributed by atoms with van der Waals surface area (Å²) in [5.74, 6) is -0.331. The molecule has 0 bridgehead atoms. The summed E-state index contributed by atoms with van der Waals surface area (Å²) in [6, 6.07) is 14.5. The minimum absolute atomic E-state index is 0.0473. The maximum Gasteiger partial charge on any atom is 0.251 e. The molecule has 0 aliphatic heterocycles. The van der Waals surface area contributed by atoms with Crippen molar-refractivity contribution < 1.29 is 13.2 Å². The van der Waals surface area contributed by atoms with Crippen molar-refractivity contribution in [3.8, 4) is 0 Å². The third-order valence-electron chi connectivity index (χ3n) is 5.06. The first kappa shape index (κ1) is 24.3. The number of hydrogen-bond acceptors (Lipinski definition) is 4. The van der Waals surface area contributed by atoms with Crippen LogP contribution < -0.4 is 5.32 Å². The van der Waals surface area contributed by atoms with Gasteiger partial charge in [0, 0.05) is 31.2 Å². The van der Waals surface area contributed by atoms with E-state index in [-0.39, 0.29) is 27.4 Å². The lowest BCUT2D eigenvalue weighted by atomic mass is 10.1. The van der Waals surface area contributed by atoms with Gasteiger partial charge in [0.05, 0.1) is 5.02 Å². The number of carbonyl (C=O) groups excluding carboxylic acids is 1. The lowest BCUT2D eigenvalue weighted by Crippen LogP contribution is -2.41. The quantitative estimate of drug-likeness (QED) is 0.601. The van der Waals surface area contributed by atoms with Crippen molar-refractivity contribution in [2.45, 2.75) is 31.2 Å². The van der Waals surface area contributed by atoms with Crippen LogP contribution in [0.15, 0.2) is 53.4 Å². The maximum absolute atomic E-state index is 12.9. The van der Waals surface area contributed by atoms with Gasteiger partial charge in [0.25, 0.3) is 5.91 Å². The second-order valence-electron chi connectivity index (χ2n) is 7.25. The summed E-state index contributed by atoms with van der Waals surface area (Å²) in [6.07, 6.45) is 0.788. The number of halogens is 1. The highest BCUT2D eigenvalue weighted by Crippen LogP contribution is 2.26. The van der Waals surface area contributed by atoms with Gasteiger partial charge in [-0.3, -0.25) is 4.79 Å². The molecule has 1 amide bonds. The zero-order valence-electron chi connectivity index (χ0n) is 17.9. The van der Waals surface area contributed by atoms with E-state index in [2.05, 4.69) is 22.3 Å². The molecular weight excluding hydrogens is 422 g/mol. The van der Waals surface area contributed by atoms with Crippen molar-refractivity contribution in [1.82, 2.24) is 14.5 Å². The SMILES string of the molecule is CCN(CC)S(=O)(=O)c1cc(C(=O)NCC(Cc2ccccc2)N(C)C)ccc1Cl. The Balaban J connectivity index is 2.17. The summed E-state index contributed by atoms with van der Waals surface area (Å²) >= 11 is 6.16. The van der Waals surface area contributed by atoms with E-state index in [0.717, 1.165) is 6.42 Å². The highest BCUT2D eigenvalue weighted by Gasteiger charge is 2.25. The van der Waals surface area contributed by atoms with Gasteiger partial charge in [0.15, 0.2) is 0 Å². The molecule has 0 spiro atoms. The van der Waals surface area contributed by atoms with Crippen molar-refractivity contribution in [3.05, 3.63) is 64.7 Å². The number of sulfonamides is 1. The van der Waals surface area contributed by atoms with Crippen LogP contribution in [0.5, 0.6) is 0 Å². The first-order valence-electron chi connectivity index (χ1n) is 9.98. The second kappa shape index (κ2) is 10.9. The van der Waals surface area contributed by atoms with Crippen molar-refractivity contribution in [1.29, 1.82) is 0 Å². The number of hydrogen-bond donors (Lipinski definition) is 1. The van der Waals surface area contributed by atoms with Gasteiger partial charge in [-0.25, -0.2) is 8.42 Å². The molecule has 0 heterocycles. The minimum Gasteiger partial charge on any atom is -0.350 e. The predicted octanol–water partition coefficient (Wildman–Crippen LogP) is 3.27. The molecule has 0 saturated heterocycles. The molecule has 0 aliphatic carbocycles. The number of carbonyl (C=O) groups is 1. The summed E-state index contributed by atoms with van der Waals surface area (Å²) in [7, 11) is 0.178. The van der Waals surface area contributed by atoms with Gasteiger partial charge in [-0.1, -0.05) is 55.8 Å². The lowest BCUT2D eigenvalue weighted by Gasteiger charge is -2.25. The summed E-state index contributed by atoms with van der Waals surface area (Å²) in [4.78, 5) is 14.8. The maximum atomic E-state index is 12.9. The van der Waals surface area contributed by atoms with E-state index in [1.807, 2.05) is 32.3 Å². The van der Waals surface area contributed by atoms with Crippen molar-refractivity contribution in [2.24, 2.45) is 0 Å². The fraction of sp³-hybridized carbons (Fsp3) is 0.409. The largest absolute Gasteiger partial charge is 0.350 e. The minimum atomic E-state index is -3.76. The second-order valence-corrected chi connectivity index (χ2v) is 9.57. The molecule has 6 nitrogen and oxygen atoms in total. The van der Waals surface area contributed by atoms with Gasteiger partial charge >= 0.3 is 0 Å². The van der Waals surface area contributed by atoms with Crippen LogP contribution in [0.3, 0.4) is 0 Å². The summed E-state index contributed by atoms with van der Waals surface area (Å²) in [5.41, 5.74) is 1.45. The lowest BCUT2D eigenvalue weighted by molar-refractivity contribution is 0.0941. The molecule has 0 radical (unpaired) electrons. The molecule has 1 N–H and O–H groups in total. The fourth-order valence-corrected chi connectivity index (χ4v) is 5.14. The normalized spacial score (nSPS) is 12.9. The van der Waals surface area contributed by atoms with Crippen molar-refractivity contribution >= 4 is 27.5 Å². The molecule has 2 aromatic carbocycles. The van der Waals surface area contributed by atoms with Gasteiger partial charge in [0.2, 0.25) is 10.0 Å². The van der Waals surface area contributed by atoms with Crippen LogP contribution in [0.25, 0.3) is 0 Å². The van der Waals surface area contributed by atoms with Crippen LogP contribution in [-0.4, -0.2) is 63.3 Å². The van der Waals surface area contributed by atoms with Crippen LogP contribution >= 0.6 is 11.6 Å². The predicted molar refractivity (Wildman–Crippen MR) is 122 cm³/mol. The average molecular weight is 452 g/mol. The molecule has 1 unspecified atom stereocenters. The molecule has 0 aromatic heterocycles. The number of benzene rings is 2. The number of amides is 1. The van der Waals surface area contributed by atoms with E-state index < -0.39 is 10.0 Å². The van der Waals surface area contributed by atoms with Crippen LogP contribution in [0, 0.1) is 0 Å². The zero-order chi connectivity index (χ0) is 22.3. The number of rotatable bonds is 10. The van der Waals surface area contributed by atoms with Gasteiger partial charge in [0.1, 0.15) is 4.90 Å². The Morgan fingerprint density at radius 1 is 1.07 bits per heavy atom. The molecule has 0 saturated carbocycles. The summed E-state index contributed by atoms with van der Waals surface area (Å²) < 4.78 is 27.0. The Labute approximate surface area is 184 Å². The standard InChI is InChI=1S/C22H30ClN3O3S/c1-5-26(6-2)30(28,29)21-15-18(12-13-20(21)23)22(27)24-16-19(25(3)4)14-17-10-8-7-9-11-17/h7-13,15,19H,5-6,14,16H2,1-4H3,(H,24,27). The number of nitrogens with zero attached hydrogens (tertiary/aromatic N) is 2. The molecule has 8 heteroatoms. The topological polar surface area (TPSA) is 69.7 Å². The molecular formula is C22H30ClN3O3S. The Hall–Kier alpha value is -1.93. The third kappa shape index (κ3) is 6.04. The number of nitrogens with one attached hydrogen (secondary N) is 1. The van der Waals surface area contributed by atoms with Crippen molar-refractivity contribution in [3.63, 3.8) is 0 Å². The first-order chi connectivity index (χ1) is 14.2. The highest BCUT2D eigenvalue weighted by atomic mass is 35.5. The molecule has 164 valence electrons. The van der Waals surface area contributed by atoms with Crippen LogP contribution in [0.4, 0.5) is 0 Å². The van der Waals surface area contributed by atoms with E-state index in [9.17, 15) is 13.2 Å². The van der Waals surface area contributed by atoms with Gasteiger partial charge in [-0.05, 0) is 44.3 Å². The van der Waals surface area contributed by atoms with E-state index in [1.165, 1.54) is 22.0 Å². The molecule has 30 heavy (non-hydrogen) atoms. The van der Waals surface area contributed by atoms with E-state index >= 15 is 0 Å². The average Bonchev–Trinajstić information content (AvgIpc) is 2.72. The van der Waals surface area contributed by atoms with Gasteiger partial charge < -0.3 is 10.2 Å². The monoisotopic (exact) mass is 451 g/mol. The zero-order valence-corrected chi connectivity index (χ0v) is 19.5. The molecule has 0 fully saturated rings. The van der Waals surface area contributed by atoms with E-state index in [0.29, 0.717) is 19.6 Å². The molecule has 0 aliphatic rings. The van der Waals surface area contributed by atoms with E-state index in [1.54, 1.807) is 19.9 Å². The summed E-state index contributed by atoms with van der Waals surface area (Å²) in [5, 5.41) is 3.03. The van der Waals surface area contributed by atoms with Crippen LogP contribution in [0.1, 0.15) is 29.8 Å². The van der Waals surface area contributed by atoms with E-state index in [4.69, 9.17) is 11.6 Å². The first-order valence-corrected chi connectivity index (χ1v) is 11.8. The summed E-state index contributed by atoms with van der Waals surface area (Å²) in [6.45, 7) is 4.62. The van der Waals surface area contributed by atoms with Gasteiger partial charge in [-0.15, -0.1) is 0 Å².